The number of hydrogen-bond donors (Lipinski definition) is 4. The predicted octanol–water partition coefficient (Wildman–Crippen LogP) is 1.49. The van der Waals surface area contributed by atoms with Crippen LogP contribution in [0.3, 0.4) is 0 Å². The number of benzene rings is 1. The van der Waals surface area contributed by atoms with E-state index in [0.717, 1.165) is 0 Å². The molecule has 1 aromatic carbocycles. The van der Waals surface area contributed by atoms with Crippen molar-refractivity contribution in [3.63, 3.8) is 0 Å². The fraction of sp³-hybridized carbons (Fsp3) is 0.292. The van der Waals surface area contributed by atoms with Crippen LogP contribution < -0.4 is 21.0 Å². The van der Waals surface area contributed by atoms with E-state index in [-0.39, 0.29) is 5.57 Å². The average Bonchev–Trinajstić information content (AvgIpc) is 2.94. The molecule has 194 valence electrons. The van der Waals surface area contributed by atoms with Crippen LogP contribution in [0, 0.1) is 5.41 Å². The molecule has 0 aliphatic carbocycles. The van der Waals surface area contributed by atoms with Crippen molar-refractivity contribution in [1.29, 1.82) is 5.41 Å². The molecule has 0 bridgehead atoms. The number of aliphatic imine (C=N–C) groups is 3. The molecule has 1 fully saturated rings. The van der Waals surface area contributed by atoms with E-state index in [0.29, 0.717) is 79.4 Å². The zero-order chi connectivity index (χ0) is 26.8. The maximum atomic E-state index is 11.7. The van der Waals surface area contributed by atoms with Gasteiger partial charge in [-0.05, 0) is 31.6 Å². The van der Waals surface area contributed by atoms with Gasteiger partial charge in [0.05, 0.1) is 25.3 Å². The molecule has 1 aliphatic rings. The monoisotopic (exact) mass is 506 g/mol. The van der Waals surface area contributed by atoms with Gasteiger partial charge in [0, 0.05) is 62.1 Å². The summed E-state index contributed by atoms with van der Waals surface area (Å²) >= 11 is 0. The Labute approximate surface area is 214 Å². The highest BCUT2D eigenvalue weighted by molar-refractivity contribution is 6.11. The van der Waals surface area contributed by atoms with Crippen molar-refractivity contribution in [3.05, 3.63) is 35.5 Å². The van der Waals surface area contributed by atoms with E-state index in [1.165, 1.54) is 18.6 Å². The second-order valence-corrected chi connectivity index (χ2v) is 7.95. The number of morpholine rings is 1. The normalized spacial score (nSPS) is 13.9. The highest BCUT2D eigenvalue weighted by Gasteiger charge is 2.23. The van der Waals surface area contributed by atoms with E-state index < -0.39 is 5.91 Å². The van der Waals surface area contributed by atoms with Crippen LogP contribution in [0.2, 0.25) is 0 Å². The first-order valence-electron chi connectivity index (χ1n) is 11.4. The Hall–Kier alpha value is -4.49. The number of carbonyl (C=O) groups is 1. The number of nitrogens with zero attached hydrogens (tertiary/aromatic N) is 7. The molecular weight excluding hydrogens is 476 g/mol. The summed E-state index contributed by atoms with van der Waals surface area (Å²) in [5.41, 5.74) is 9.85. The molecule has 13 heteroatoms. The molecule has 1 amide bonds. The van der Waals surface area contributed by atoms with Crippen molar-refractivity contribution in [3.8, 4) is 11.4 Å². The van der Waals surface area contributed by atoms with E-state index >= 15 is 0 Å². The Morgan fingerprint density at radius 2 is 2.11 bits per heavy atom. The third kappa shape index (κ3) is 6.59. The number of nitrogens with two attached hydrogens (primary N) is 1. The number of aromatic nitrogens is 2. The molecule has 1 saturated heterocycles. The summed E-state index contributed by atoms with van der Waals surface area (Å²) in [6.45, 7) is 10.2. The molecule has 2 aromatic rings. The number of ether oxygens (including phenoxy) is 1. The Morgan fingerprint density at radius 3 is 2.76 bits per heavy atom. The first-order valence-corrected chi connectivity index (χ1v) is 11.4. The second kappa shape index (κ2) is 13.0. The molecule has 2 heterocycles. The predicted molar refractivity (Wildman–Crippen MR) is 146 cm³/mol. The molecule has 0 saturated carbocycles. The topological polar surface area (TPSA) is 178 Å². The molecule has 1 aromatic heterocycles. The maximum absolute atomic E-state index is 11.7. The van der Waals surface area contributed by atoms with Crippen molar-refractivity contribution in [2.45, 2.75) is 0 Å². The van der Waals surface area contributed by atoms with Crippen molar-refractivity contribution in [2.24, 2.45) is 15.0 Å². The summed E-state index contributed by atoms with van der Waals surface area (Å²) in [4.78, 5) is 37.3. The summed E-state index contributed by atoms with van der Waals surface area (Å²) in [6.07, 6.45) is 3.69. The van der Waals surface area contributed by atoms with Gasteiger partial charge in [-0.1, -0.05) is 0 Å². The Morgan fingerprint density at radius 1 is 1.35 bits per heavy atom. The van der Waals surface area contributed by atoms with Gasteiger partial charge in [-0.25, -0.2) is 15.4 Å². The minimum atomic E-state index is -0.744. The molecule has 0 spiro atoms. The second-order valence-electron chi connectivity index (χ2n) is 7.95. The Kier molecular flexibility index (Phi) is 9.52. The number of hydrogen-bond acceptors (Lipinski definition) is 12. The lowest BCUT2D eigenvalue weighted by molar-refractivity contribution is -0.124. The lowest BCUT2D eigenvalue weighted by Crippen LogP contribution is -2.37. The van der Waals surface area contributed by atoms with Gasteiger partial charge < -0.3 is 25.7 Å². The van der Waals surface area contributed by atoms with Crippen LogP contribution >= 0.6 is 0 Å². The molecule has 5 N–H and O–H groups in total. The maximum Gasteiger partial charge on any atom is 0.277 e. The number of hydroxylamine groups is 1. The highest BCUT2D eigenvalue weighted by Crippen LogP contribution is 2.37. The standard InChI is InChI=1S/C24H30N10O3/c1-27-14-18(24(35)32-36)15-29-6-7-33(3)22-20(28-2)23(34-8-10-37-11-9-34)31-21(30-22)16-4-5-19(26)17(12-16)13-25/h4-5,12-15,25,36H,1-2,6-11,26H2,3H3,(H,32,35)/b18-14+,25-13?,29-15?. The van der Waals surface area contributed by atoms with Crippen molar-refractivity contribution in [2.75, 3.05) is 62.0 Å². The van der Waals surface area contributed by atoms with Crippen LogP contribution in [0.15, 0.2) is 44.9 Å². The third-order valence-corrected chi connectivity index (χ3v) is 5.57. The Balaban J connectivity index is 1.97. The number of nitrogens with one attached hydrogen (secondary N) is 2. The van der Waals surface area contributed by atoms with Gasteiger partial charge in [0.15, 0.2) is 17.5 Å². The minimum absolute atomic E-state index is 0.0536. The fourth-order valence-corrected chi connectivity index (χ4v) is 3.59. The summed E-state index contributed by atoms with van der Waals surface area (Å²) < 4.78 is 5.50. The molecule has 1 aliphatic heterocycles. The smallest absolute Gasteiger partial charge is 0.277 e. The van der Waals surface area contributed by atoms with E-state index in [2.05, 4.69) is 33.3 Å². The lowest BCUT2D eigenvalue weighted by atomic mass is 10.1. The molecule has 37 heavy (non-hydrogen) atoms. The van der Waals surface area contributed by atoms with Crippen LogP contribution in [0.5, 0.6) is 0 Å². The van der Waals surface area contributed by atoms with Gasteiger partial charge in [0.2, 0.25) is 0 Å². The third-order valence-electron chi connectivity index (χ3n) is 5.57. The molecule has 0 atom stereocenters. The molecule has 3 rings (SSSR count). The zero-order valence-corrected chi connectivity index (χ0v) is 20.6. The molecular formula is C24H30N10O3. The van der Waals surface area contributed by atoms with Crippen LogP contribution in [0.1, 0.15) is 5.56 Å². The summed E-state index contributed by atoms with van der Waals surface area (Å²) in [5.74, 6) is 0.876. The quantitative estimate of drug-likeness (QED) is 0.116. The van der Waals surface area contributed by atoms with Crippen LogP contribution in [-0.2, 0) is 9.53 Å². The van der Waals surface area contributed by atoms with Crippen molar-refractivity contribution < 1.29 is 14.7 Å². The van der Waals surface area contributed by atoms with E-state index in [1.807, 2.05) is 18.0 Å². The van der Waals surface area contributed by atoms with Crippen molar-refractivity contribution in [1.82, 2.24) is 15.4 Å². The van der Waals surface area contributed by atoms with E-state index in [1.54, 1.807) is 17.6 Å². The lowest BCUT2D eigenvalue weighted by Gasteiger charge is -2.30. The average molecular weight is 507 g/mol. The number of amides is 1. The van der Waals surface area contributed by atoms with Crippen LogP contribution in [0.4, 0.5) is 23.0 Å². The largest absolute Gasteiger partial charge is 0.398 e. The van der Waals surface area contributed by atoms with E-state index in [4.69, 9.17) is 31.1 Å². The minimum Gasteiger partial charge on any atom is -0.398 e. The van der Waals surface area contributed by atoms with E-state index in [9.17, 15) is 4.79 Å². The first kappa shape index (κ1) is 27.1. The molecule has 0 radical (unpaired) electrons. The summed E-state index contributed by atoms with van der Waals surface area (Å²) in [6, 6.07) is 5.30. The van der Waals surface area contributed by atoms with Crippen molar-refractivity contribution >= 4 is 54.8 Å². The SMILES string of the molecule is C=N/C=C(\C=NCCN(C)c1nc(-c2ccc(N)c(C=N)c2)nc(N2CCOCC2)c1N=C)C(=O)NO. The Bertz CT molecular complexity index is 1220. The van der Waals surface area contributed by atoms with Gasteiger partial charge in [-0.3, -0.25) is 25.0 Å². The van der Waals surface area contributed by atoms with Crippen LogP contribution in [0.25, 0.3) is 11.4 Å². The van der Waals surface area contributed by atoms with Gasteiger partial charge in [-0.2, -0.15) is 0 Å². The number of anilines is 3. The number of rotatable bonds is 11. The zero-order valence-electron chi connectivity index (χ0n) is 20.6. The fourth-order valence-electron chi connectivity index (χ4n) is 3.59. The van der Waals surface area contributed by atoms with Gasteiger partial charge in [-0.15, -0.1) is 0 Å². The number of likely N-dealkylation sites (N-methyl/N-ethyl adjacent to an activating group) is 1. The van der Waals surface area contributed by atoms with Gasteiger partial charge >= 0.3 is 0 Å². The first-order chi connectivity index (χ1) is 17.9. The van der Waals surface area contributed by atoms with Gasteiger partial charge in [0.1, 0.15) is 5.69 Å². The number of carbonyl (C=O) groups excluding carboxylic acids is 1. The van der Waals surface area contributed by atoms with Gasteiger partial charge in [0.25, 0.3) is 5.91 Å². The summed E-state index contributed by atoms with van der Waals surface area (Å²) in [7, 11) is 1.84. The summed E-state index contributed by atoms with van der Waals surface area (Å²) in [5, 5.41) is 16.5. The van der Waals surface area contributed by atoms with Crippen LogP contribution in [-0.4, -0.2) is 93.4 Å². The molecule has 0 unspecified atom stereocenters. The number of nitrogen functional groups attached to an aromatic ring is 1. The highest BCUT2D eigenvalue weighted by atomic mass is 16.5. The molecule has 13 nitrogen and oxygen atoms in total.